The van der Waals surface area contributed by atoms with Crippen molar-refractivity contribution in [3.05, 3.63) is 65.5 Å². The van der Waals surface area contributed by atoms with Crippen molar-refractivity contribution in [1.82, 2.24) is 4.90 Å². The highest BCUT2D eigenvalue weighted by atomic mass is 32.2. The maximum absolute atomic E-state index is 13.4. The predicted octanol–water partition coefficient (Wildman–Crippen LogP) is 5.12. The highest BCUT2D eigenvalue weighted by molar-refractivity contribution is 8.16. The number of nitrogens with zero attached hydrogens (tertiary/aromatic N) is 3. The smallest absolute Gasteiger partial charge is 0.234 e. The van der Waals surface area contributed by atoms with Crippen LogP contribution in [0.5, 0.6) is 0 Å². The molecule has 0 radical (unpaired) electrons. The number of nitrogens with one attached hydrogen (secondary N) is 1. The third kappa shape index (κ3) is 5.71. The van der Waals surface area contributed by atoms with Gasteiger partial charge in [-0.25, -0.2) is 9.38 Å². The molecule has 0 bridgehead atoms. The van der Waals surface area contributed by atoms with Gasteiger partial charge in [-0.1, -0.05) is 62.9 Å². The fraction of sp³-hybridized carbons (Fsp3) is 0.423. The number of carbonyl (C=O) groups is 1. The topological polar surface area (TPSA) is 57.1 Å². The Balaban J connectivity index is 1.53. The molecule has 0 atom stereocenters. The van der Waals surface area contributed by atoms with E-state index in [0.29, 0.717) is 5.69 Å². The monoisotopic (exact) mass is 466 g/mol. The van der Waals surface area contributed by atoms with Crippen molar-refractivity contribution in [1.29, 1.82) is 0 Å². The average molecular weight is 467 g/mol. The molecule has 1 spiro atoms. The average Bonchev–Trinajstić information content (AvgIpc) is 3.12. The van der Waals surface area contributed by atoms with Crippen LogP contribution in [-0.2, 0) is 10.2 Å². The number of hydrogen-bond acceptors (Lipinski definition) is 5. The van der Waals surface area contributed by atoms with Gasteiger partial charge in [-0.2, -0.15) is 0 Å². The summed E-state index contributed by atoms with van der Waals surface area (Å²) in [7, 11) is 2.12. The predicted molar refractivity (Wildman–Crippen MR) is 136 cm³/mol. The fourth-order valence-corrected chi connectivity index (χ4v) is 4.91. The molecule has 0 aromatic heterocycles. The van der Waals surface area contributed by atoms with Crippen LogP contribution in [0.25, 0.3) is 0 Å². The Morgan fingerprint density at radius 1 is 1.12 bits per heavy atom. The Kier molecular flexibility index (Phi) is 6.73. The molecule has 2 aliphatic heterocycles. The summed E-state index contributed by atoms with van der Waals surface area (Å²) < 4.78 is 13.4. The molecule has 7 heteroatoms. The Labute approximate surface area is 199 Å². The quantitative estimate of drug-likeness (QED) is 0.681. The molecule has 2 aromatic rings. The van der Waals surface area contributed by atoms with Gasteiger partial charge in [0.1, 0.15) is 10.9 Å². The van der Waals surface area contributed by atoms with E-state index in [1.54, 1.807) is 12.1 Å². The van der Waals surface area contributed by atoms with E-state index in [2.05, 4.69) is 62.3 Å². The second-order valence-electron chi connectivity index (χ2n) is 9.84. The van der Waals surface area contributed by atoms with Crippen LogP contribution in [0.2, 0.25) is 0 Å². The maximum Gasteiger partial charge on any atom is 0.234 e. The van der Waals surface area contributed by atoms with Gasteiger partial charge in [0.05, 0.1) is 11.5 Å². The minimum absolute atomic E-state index is 0.0753. The van der Waals surface area contributed by atoms with E-state index < -0.39 is 5.66 Å². The van der Waals surface area contributed by atoms with Gasteiger partial charge in [0.2, 0.25) is 5.91 Å². The highest BCUT2D eigenvalue weighted by Crippen LogP contribution is 2.35. The van der Waals surface area contributed by atoms with Gasteiger partial charge in [0, 0.05) is 37.2 Å². The van der Waals surface area contributed by atoms with Crippen LogP contribution in [0.1, 0.15) is 44.7 Å². The Hall–Kier alpha value is -2.51. The molecular formula is C26H31FN4OS. The lowest BCUT2D eigenvalue weighted by Gasteiger charge is -2.33. The summed E-state index contributed by atoms with van der Waals surface area (Å²) in [6.07, 6.45) is 1.74. The summed E-state index contributed by atoms with van der Waals surface area (Å²) in [5.74, 6) is -0.386. The summed E-state index contributed by atoms with van der Waals surface area (Å²) in [5, 5.41) is 3.56. The number of benzene rings is 2. The van der Waals surface area contributed by atoms with Gasteiger partial charge < -0.3 is 10.2 Å². The lowest BCUT2D eigenvalue weighted by atomic mass is 9.86. The second kappa shape index (κ2) is 9.39. The molecule has 0 aliphatic carbocycles. The van der Waals surface area contributed by atoms with E-state index in [1.165, 1.54) is 29.5 Å². The van der Waals surface area contributed by atoms with E-state index in [0.717, 1.165) is 42.3 Å². The van der Waals surface area contributed by atoms with Gasteiger partial charge in [-0.05, 0) is 36.2 Å². The molecular weight excluding hydrogens is 435 g/mol. The number of rotatable bonds is 4. The van der Waals surface area contributed by atoms with Gasteiger partial charge in [-0.3, -0.25) is 9.79 Å². The standard InChI is InChI=1S/C26H31FN4OS/c1-25(2,3)19-10-8-18(9-11-19)23-24(30-26(29-23)12-14-31(4)15-13-26)33-17-22(32)28-21-7-5-6-20(27)16-21/h5-11,16H,12-15,17H2,1-4H3,(H,28,32). The number of amides is 1. The third-order valence-electron chi connectivity index (χ3n) is 6.09. The van der Waals surface area contributed by atoms with Crippen LogP contribution in [0, 0.1) is 5.82 Å². The normalized spacial score (nSPS) is 18.2. The minimum atomic E-state index is -0.439. The first-order valence-electron chi connectivity index (χ1n) is 11.3. The lowest BCUT2D eigenvalue weighted by Crippen LogP contribution is -2.39. The molecule has 33 heavy (non-hydrogen) atoms. The van der Waals surface area contributed by atoms with Crippen LogP contribution >= 0.6 is 11.8 Å². The van der Waals surface area contributed by atoms with Crippen molar-refractivity contribution >= 4 is 34.1 Å². The summed E-state index contributed by atoms with van der Waals surface area (Å²) in [6, 6.07) is 14.4. The molecule has 0 unspecified atom stereocenters. The van der Waals surface area contributed by atoms with Crippen LogP contribution < -0.4 is 5.32 Å². The molecule has 1 N–H and O–H groups in total. The first-order chi connectivity index (χ1) is 15.6. The number of anilines is 1. The number of carbonyl (C=O) groups excluding carboxylic acids is 1. The van der Waals surface area contributed by atoms with E-state index in [-0.39, 0.29) is 22.9 Å². The van der Waals surface area contributed by atoms with Crippen LogP contribution in [0.4, 0.5) is 10.1 Å². The van der Waals surface area contributed by atoms with Crippen molar-refractivity contribution in [2.24, 2.45) is 9.98 Å². The first-order valence-corrected chi connectivity index (χ1v) is 12.3. The summed E-state index contributed by atoms with van der Waals surface area (Å²) in [6.45, 7) is 8.48. The third-order valence-corrected chi connectivity index (χ3v) is 7.06. The number of halogens is 1. The highest BCUT2D eigenvalue weighted by Gasteiger charge is 2.39. The Bertz CT molecular complexity index is 1080. The van der Waals surface area contributed by atoms with Crippen molar-refractivity contribution in [3.63, 3.8) is 0 Å². The van der Waals surface area contributed by atoms with E-state index in [9.17, 15) is 9.18 Å². The number of thioether (sulfide) groups is 1. The molecule has 2 aliphatic rings. The summed E-state index contributed by atoms with van der Waals surface area (Å²) in [4.78, 5) is 25.0. The van der Waals surface area contributed by atoms with Crippen molar-refractivity contribution in [3.8, 4) is 0 Å². The zero-order valence-corrected chi connectivity index (χ0v) is 20.5. The molecule has 1 fully saturated rings. The van der Waals surface area contributed by atoms with Crippen LogP contribution in [-0.4, -0.2) is 53.1 Å². The van der Waals surface area contributed by atoms with Crippen LogP contribution in [0.3, 0.4) is 0 Å². The van der Waals surface area contributed by atoms with Gasteiger partial charge in [-0.15, -0.1) is 0 Å². The van der Waals surface area contributed by atoms with E-state index >= 15 is 0 Å². The van der Waals surface area contributed by atoms with Crippen molar-refractivity contribution < 1.29 is 9.18 Å². The molecule has 2 heterocycles. The van der Waals surface area contributed by atoms with Gasteiger partial charge >= 0.3 is 0 Å². The SMILES string of the molecule is CN1CCC2(CC1)N=C(SCC(=O)Nc1cccc(F)c1)C(c1ccc(C(C)(C)C)cc1)=N2. The lowest BCUT2D eigenvalue weighted by molar-refractivity contribution is -0.113. The molecule has 2 aromatic carbocycles. The van der Waals surface area contributed by atoms with E-state index in [1.807, 2.05) is 0 Å². The number of aliphatic imine (C=N–C) groups is 2. The molecule has 5 nitrogen and oxygen atoms in total. The van der Waals surface area contributed by atoms with Gasteiger partial charge in [0.25, 0.3) is 0 Å². The first kappa shape index (κ1) is 23.6. The molecule has 1 saturated heterocycles. The maximum atomic E-state index is 13.4. The number of hydrogen-bond donors (Lipinski definition) is 1. The Morgan fingerprint density at radius 2 is 1.82 bits per heavy atom. The van der Waals surface area contributed by atoms with E-state index in [4.69, 9.17) is 9.98 Å². The van der Waals surface area contributed by atoms with Crippen LogP contribution in [0.15, 0.2) is 58.5 Å². The second-order valence-corrected chi connectivity index (χ2v) is 10.8. The van der Waals surface area contributed by atoms with Crippen molar-refractivity contribution in [2.45, 2.75) is 44.7 Å². The van der Waals surface area contributed by atoms with Gasteiger partial charge in [0.15, 0.2) is 5.66 Å². The number of piperidine rings is 1. The molecule has 0 saturated carbocycles. The largest absolute Gasteiger partial charge is 0.325 e. The Morgan fingerprint density at radius 3 is 2.45 bits per heavy atom. The fourth-order valence-electron chi connectivity index (χ4n) is 4.04. The number of likely N-dealkylation sites (tertiary alicyclic amines) is 1. The zero-order valence-electron chi connectivity index (χ0n) is 19.7. The molecule has 174 valence electrons. The summed E-state index contributed by atoms with van der Waals surface area (Å²) in [5.41, 5.74) is 3.24. The zero-order chi connectivity index (χ0) is 23.6. The molecule has 1 amide bonds. The van der Waals surface area contributed by atoms with Crippen molar-refractivity contribution in [2.75, 3.05) is 31.2 Å². The molecule has 4 rings (SSSR count). The minimum Gasteiger partial charge on any atom is -0.325 e. The summed E-state index contributed by atoms with van der Waals surface area (Å²) >= 11 is 1.40.